The van der Waals surface area contributed by atoms with Crippen molar-refractivity contribution in [2.75, 3.05) is 0 Å². The zero-order chi connectivity index (χ0) is 12.3. The lowest BCUT2D eigenvalue weighted by molar-refractivity contribution is 0.694. The minimum atomic E-state index is 0.565. The van der Waals surface area contributed by atoms with Crippen molar-refractivity contribution in [1.82, 2.24) is 14.0 Å². The largest absolute Gasteiger partial charge is 0.316 e. The van der Waals surface area contributed by atoms with Gasteiger partial charge in [-0.15, -0.1) is 0 Å². The molecule has 0 N–H and O–H groups in total. The molecule has 0 fully saturated rings. The highest BCUT2D eigenvalue weighted by Crippen LogP contribution is 2.33. The fourth-order valence-electron chi connectivity index (χ4n) is 3.11. The summed E-state index contributed by atoms with van der Waals surface area (Å²) >= 11 is 0. The Balaban J connectivity index is 2.25. The average Bonchev–Trinajstić information content (AvgIpc) is 2.88. The van der Waals surface area contributed by atoms with Crippen LogP contribution in [0.15, 0.2) is 30.3 Å². The number of aromatic nitrogens is 3. The first-order valence-electron chi connectivity index (χ1n) is 6.39. The van der Waals surface area contributed by atoms with Gasteiger partial charge in [0.05, 0.1) is 16.7 Å². The lowest BCUT2D eigenvalue weighted by Crippen LogP contribution is -2.05. The Morgan fingerprint density at radius 2 is 2.11 bits per heavy atom. The lowest BCUT2D eigenvalue weighted by atomic mass is 9.96. The molecular formula is C15H15N3. The van der Waals surface area contributed by atoms with E-state index in [2.05, 4.69) is 53.3 Å². The van der Waals surface area contributed by atoms with E-state index in [1.807, 2.05) is 6.07 Å². The van der Waals surface area contributed by atoms with Gasteiger partial charge in [-0.25, -0.2) is 4.98 Å². The van der Waals surface area contributed by atoms with Gasteiger partial charge in [0.15, 0.2) is 0 Å². The first-order chi connectivity index (χ1) is 8.77. The van der Waals surface area contributed by atoms with Gasteiger partial charge < -0.3 is 4.57 Å². The van der Waals surface area contributed by atoms with Gasteiger partial charge in [0, 0.05) is 18.7 Å². The van der Waals surface area contributed by atoms with E-state index in [-0.39, 0.29) is 0 Å². The molecular weight excluding hydrogens is 222 g/mol. The minimum Gasteiger partial charge on any atom is -0.316 e. The minimum absolute atomic E-state index is 0.565. The zero-order valence-corrected chi connectivity index (χ0v) is 10.6. The van der Waals surface area contributed by atoms with Crippen molar-refractivity contribution in [2.24, 2.45) is 7.05 Å². The monoisotopic (exact) mass is 237 g/mol. The molecule has 4 rings (SSSR count). The highest BCUT2D eigenvalue weighted by Gasteiger charge is 2.23. The van der Waals surface area contributed by atoms with Gasteiger partial charge in [0.1, 0.15) is 0 Å². The van der Waals surface area contributed by atoms with E-state index >= 15 is 0 Å². The number of para-hydroxylation sites is 2. The molecule has 90 valence electrons. The van der Waals surface area contributed by atoms with Gasteiger partial charge in [-0.1, -0.05) is 25.1 Å². The normalized spacial score (nSPS) is 18.7. The van der Waals surface area contributed by atoms with Gasteiger partial charge in [-0.3, -0.25) is 4.40 Å². The van der Waals surface area contributed by atoms with E-state index in [0.29, 0.717) is 5.92 Å². The SMILES string of the molecule is CC1CC=Cc2c1n(C)c1nc3ccccc3n21. The standard InChI is InChI=1S/C15H15N3/c1-10-6-5-9-13-14(10)17(2)15-16-11-7-3-4-8-12(11)18(13)15/h3-5,7-10H,6H2,1-2H3. The number of benzene rings is 1. The molecule has 0 aliphatic heterocycles. The van der Waals surface area contributed by atoms with Crippen molar-refractivity contribution < 1.29 is 0 Å². The van der Waals surface area contributed by atoms with Crippen LogP contribution in [0.3, 0.4) is 0 Å². The topological polar surface area (TPSA) is 22.2 Å². The second-order valence-electron chi connectivity index (χ2n) is 5.10. The summed E-state index contributed by atoms with van der Waals surface area (Å²) in [5.74, 6) is 1.61. The molecule has 0 radical (unpaired) electrons. The van der Waals surface area contributed by atoms with Crippen LogP contribution in [0.5, 0.6) is 0 Å². The van der Waals surface area contributed by atoms with Crippen LogP contribution in [0.4, 0.5) is 0 Å². The summed E-state index contributed by atoms with van der Waals surface area (Å²) in [6.45, 7) is 2.28. The summed E-state index contributed by atoms with van der Waals surface area (Å²) in [5.41, 5.74) is 4.95. The van der Waals surface area contributed by atoms with Crippen LogP contribution >= 0.6 is 0 Å². The first-order valence-corrected chi connectivity index (χ1v) is 6.39. The van der Waals surface area contributed by atoms with E-state index in [1.165, 1.54) is 16.9 Å². The number of allylic oxidation sites excluding steroid dienone is 1. The Labute approximate surface area is 105 Å². The van der Waals surface area contributed by atoms with Crippen molar-refractivity contribution >= 4 is 22.9 Å². The van der Waals surface area contributed by atoms with Gasteiger partial charge in [0.2, 0.25) is 5.78 Å². The summed E-state index contributed by atoms with van der Waals surface area (Å²) in [6.07, 6.45) is 5.61. The number of fused-ring (bicyclic) bond motifs is 5. The number of rotatable bonds is 0. The van der Waals surface area contributed by atoms with Crippen LogP contribution in [0, 0.1) is 0 Å². The predicted molar refractivity (Wildman–Crippen MR) is 73.7 cm³/mol. The molecule has 1 aromatic carbocycles. The van der Waals surface area contributed by atoms with Gasteiger partial charge >= 0.3 is 0 Å². The van der Waals surface area contributed by atoms with Crippen molar-refractivity contribution in [1.29, 1.82) is 0 Å². The Morgan fingerprint density at radius 3 is 3.00 bits per heavy atom. The molecule has 2 heterocycles. The van der Waals surface area contributed by atoms with Crippen LogP contribution in [0.2, 0.25) is 0 Å². The maximum atomic E-state index is 4.75. The number of hydrogen-bond acceptors (Lipinski definition) is 1. The Morgan fingerprint density at radius 1 is 1.28 bits per heavy atom. The molecule has 1 aliphatic rings. The van der Waals surface area contributed by atoms with Gasteiger partial charge in [0.25, 0.3) is 0 Å². The van der Waals surface area contributed by atoms with E-state index in [0.717, 1.165) is 17.7 Å². The van der Waals surface area contributed by atoms with Crippen molar-refractivity contribution in [3.63, 3.8) is 0 Å². The summed E-state index contributed by atoms with van der Waals surface area (Å²) in [7, 11) is 2.12. The van der Waals surface area contributed by atoms with Crippen LogP contribution in [0.1, 0.15) is 30.7 Å². The number of hydrogen-bond donors (Lipinski definition) is 0. The van der Waals surface area contributed by atoms with Crippen LogP contribution in [-0.4, -0.2) is 14.0 Å². The van der Waals surface area contributed by atoms with E-state index in [9.17, 15) is 0 Å². The second kappa shape index (κ2) is 3.25. The maximum Gasteiger partial charge on any atom is 0.215 e. The summed E-state index contributed by atoms with van der Waals surface area (Å²) in [6, 6.07) is 8.33. The molecule has 0 saturated carbocycles. The summed E-state index contributed by atoms with van der Waals surface area (Å²) in [4.78, 5) is 4.75. The molecule has 1 unspecified atom stereocenters. The molecule has 3 aromatic rings. The van der Waals surface area contributed by atoms with Crippen molar-refractivity contribution in [3.05, 3.63) is 41.7 Å². The molecule has 3 nitrogen and oxygen atoms in total. The van der Waals surface area contributed by atoms with Gasteiger partial charge in [-0.2, -0.15) is 0 Å². The van der Waals surface area contributed by atoms with E-state index < -0.39 is 0 Å². The highest BCUT2D eigenvalue weighted by molar-refractivity contribution is 5.82. The van der Waals surface area contributed by atoms with Crippen LogP contribution < -0.4 is 0 Å². The molecule has 18 heavy (non-hydrogen) atoms. The Kier molecular flexibility index (Phi) is 1.80. The van der Waals surface area contributed by atoms with E-state index in [1.54, 1.807) is 0 Å². The number of aryl methyl sites for hydroxylation is 1. The molecule has 2 aromatic heterocycles. The van der Waals surface area contributed by atoms with E-state index in [4.69, 9.17) is 4.98 Å². The third-order valence-corrected chi connectivity index (χ3v) is 3.94. The average molecular weight is 237 g/mol. The van der Waals surface area contributed by atoms with Crippen LogP contribution in [-0.2, 0) is 7.05 Å². The highest BCUT2D eigenvalue weighted by atomic mass is 15.2. The fraction of sp³-hybridized carbons (Fsp3) is 0.267. The summed E-state index contributed by atoms with van der Waals surface area (Å²) < 4.78 is 4.51. The lowest BCUT2D eigenvalue weighted by Gasteiger charge is -2.15. The number of nitrogens with zero attached hydrogens (tertiary/aromatic N) is 3. The third kappa shape index (κ3) is 1.07. The smallest absolute Gasteiger partial charge is 0.215 e. The van der Waals surface area contributed by atoms with Crippen molar-refractivity contribution in [3.8, 4) is 0 Å². The van der Waals surface area contributed by atoms with Gasteiger partial charge in [-0.05, 0) is 24.6 Å². The summed E-state index contributed by atoms with van der Waals surface area (Å²) in [5, 5.41) is 0. The Bertz CT molecular complexity index is 789. The Hall–Kier alpha value is -2.03. The molecule has 0 saturated heterocycles. The molecule has 0 spiro atoms. The molecule has 0 amide bonds. The first kappa shape index (κ1) is 9.95. The second-order valence-corrected chi connectivity index (χ2v) is 5.10. The molecule has 0 bridgehead atoms. The molecule has 1 atom stereocenters. The maximum absolute atomic E-state index is 4.75. The molecule has 1 aliphatic carbocycles. The predicted octanol–water partition coefficient (Wildman–Crippen LogP) is 3.35. The van der Waals surface area contributed by atoms with Crippen LogP contribution in [0.25, 0.3) is 22.9 Å². The fourth-order valence-corrected chi connectivity index (χ4v) is 3.11. The molecule has 3 heteroatoms. The van der Waals surface area contributed by atoms with Crippen molar-refractivity contribution in [2.45, 2.75) is 19.3 Å². The quantitative estimate of drug-likeness (QED) is 0.587. The zero-order valence-electron chi connectivity index (χ0n) is 10.6. The third-order valence-electron chi connectivity index (χ3n) is 3.94. The number of imidazole rings is 2.